The maximum Gasteiger partial charge on any atom is 0.461 e. The molecule has 1 aliphatic carbocycles. The molecule has 230 valence electrons. The molecule has 1 atom stereocenters. The first-order valence-corrected chi connectivity index (χ1v) is 14.8. The number of pyridine rings is 1. The van der Waals surface area contributed by atoms with Gasteiger partial charge in [-0.25, -0.2) is 4.79 Å². The Balaban J connectivity index is 1.67. The van der Waals surface area contributed by atoms with E-state index in [0.29, 0.717) is 22.0 Å². The number of halogens is 5. The molecule has 1 heterocycles. The minimum absolute atomic E-state index is 0.0712. The normalized spacial score (nSPS) is 15.4. The third-order valence-electron chi connectivity index (χ3n) is 7.82. The molecule has 4 aromatic rings. The summed E-state index contributed by atoms with van der Waals surface area (Å²) in [5, 5.41) is 3.59. The number of anilines is 1. The minimum Gasteiger partial charge on any atom is -0.428 e. The van der Waals surface area contributed by atoms with Gasteiger partial charge in [0.15, 0.2) is 0 Å². The van der Waals surface area contributed by atoms with Crippen molar-refractivity contribution in [2.45, 2.75) is 62.6 Å². The van der Waals surface area contributed by atoms with Crippen molar-refractivity contribution in [2.24, 2.45) is 0 Å². The average molecular weight is 626 g/mol. The van der Waals surface area contributed by atoms with Crippen molar-refractivity contribution in [2.75, 3.05) is 4.90 Å². The molecule has 1 aromatic heterocycles. The van der Waals surface area contributed by atoms with Crippen molar-refractivity contribution in [3.8, 4) is 5.75 Å². The summed E-state index contributed by atoms with van der Waals surface area (Å²) in [6.07, 6.45) is -2.48. The van der Waals surface area contributed by atoms with E-state index in [1.807, 2.05) is 60.7 Å². The fraction of sp³-hybridized carbons (Fsp3) is 0.294. The lowest BCUT2D eigenvalue weighted by Crippen LogP contribution is -2.56. The summed E-state index contributed by atoms with van der Waals surface area (Å²) in [6.45, 7) is 0. The number of carbonyl (C=O) groups is 1. The molecule has 0 spiro atoms. The van der Waals surface area contributed by atoms with Gasteiger partial charge in [0.2, 0.25) is 0 Å². The van der Waals surface area contributed by atoms with Crippen molar-refractivity contribution < 1.29 is 27.1 Å². The van der Waals surface area contributed by atoms with Crippen LogP contribution in [0.15, 0.2) is 103 Å². The highest BCUT2D eigenvalue weighted by Crippen LogP contribution is 2.38. The second-order valence-corrected chi connectivity index (χ2v) is 11.3. The second kappa shape index (κ2) is 13.7. The highest BCUT2D eigenvalue weighted by atomic mass is 35.5. The van der Waals surface area contributed by atoms with E-state index in [-0.39, 0.29) is 12.5 Å². The zero-order valence-electron chi connectivity index (χ0n) is 23.8. The van der Waals surface area contributed by atoms with Crippen LogP contribution >= 0.6 is 11.6 Å². The summed E-state index contributed by atoms with van der Waals surface area (Å²) in [7, 11) is 0. The lowest BCUT2D eigenvalue weighted by molar-refractivity contribution is -0.253. The first kappa shape index (κ1) is 31.3. The molecule has 2 amide bonds. The quantitative estimate of drug-likeness (QED) is 0.179. The Labute approximate surface area is 258 Å². The van der Waals surface area contributed by atoms with Crippen LogP contribution in [-0.2, 0) is 12.0 Å². The molecule has 0 saturated heterocycles. The van der Waals surface area contributed by atoms with E-state index in [4.69, 9.17) is 11.6 Å². The highest BCUT2D eigenvalue weighted by molar-refractivity contribution is 6.30. The average Bonchev–Trinajstić information content (AvgIpc) is 3.02. The fourth-order valence-electron chi connectivity index (χ4n) is 5.74. The van der Waals surface area contributed by atoms with Gasteiger partial charge in [-0.1, -0.05) is 91.5 Å². The lowest BCUT2D eigenvalue weighted by Gasteiger charge is -2.40. The maximum absolute atomic E-state index is 14.6. The van der Waals surface area contributed by atoms with E-state index in [9.17, 15) is 22.4 Å². The summed E-state index contributed by atoms with van der Waals surface area (Å²) in [5.41, 5.74) is 0.739. The zero-order valence-corrected chi connectivity index (χ0v) is 24.6. The number of amides is 2. The Morgan fingerprint density at radius 3 is 2.25 bits per heavy atom. The summed E-state index contributed by atoms with van der Waals surface area (Å²) in [5.74, 6) is -0.486. The number of nitrogens with zero attached hydrogens (tertiary/aromatic N) is 2. The number of nitrogens with one attached hydrogen (secondary N) is 1. The standard InChI is InChI=1S/C34H32ClF4N3O2/c35-26-19-20-30(40-23-26)33(22-24-11-4-1-5-12-24,25-13-10-18-29(21-25)44-34(38,39)31(36)37)41-32(43)42(27-14-6-2-7-15-27)28-16-8-3-9-17-28/h1-2,4-7,10-15,18-21,23,28,31H,3,8-9,16-17,22H2,(H,41,43)/t33-/m1/s1. The van der Waals surface area contributed by atoms with Gasteiger partial charge in [0.1, 0.15) is 11.3 Å². The zero-order chi connectivity index (χ0) is 31.2. The number of rotatable bonds is 10. The van der Waals surface area contributed by atoms with Crippen LogP contribution in [0.25, 0.3) is 0 Å². The second-order valence-electron chi connectivity index (χ2n) is 10.8. The van der Waals surface area contributed by atoms with Crippen LogP contribution in [0, 0.1) is 0 Å². The number of hydrogen-bond acceptors (Lipinski definition) is 3. The molecule has 0 unspecified atom stereocenters. The topological polar surface area (TPSA) is 54.5 Å². The van der Waals surface area contributed by atoms with Crippen LogP contribution in [0.1, 0.15) is 48.9 Å². The van der Waals surface area contributed by atoms with Gasteiger partial charge in [-0.2, -0.15) is 17.6 Å². The molecule has 0 aliphatic heterocycles. The Morgan fingerprint density at radius 2 is 1.61 bits per heavy atom. The monoisotopic (exact) mass is 625 g/mol. The van der Waals surface area contributed by atoms with Crippen molar-refractivity contribution in [1.29, 1.82) is 0 Å². The summed E-state index contributed by atoms with van der Waals surface area (Å²) in [4.78, 5) is 20.9. The summed E-state index contributed by atoms with van der Waals surface area (Å²) in [6, 6.07) is 26.9. The van der Waals surface area contributed by atoms with Gasteiger partial charge in [0.05, 0.1) is 10.7 Å². The van der Waals surface area contributed by atoms with Crippen molar-refractivity contribution in [1.82, 2.24) is 10.3 Å². The molecular formula is C34H32ClF4N3O2. The highest BCUT2D eigenvalue weighted by Gasteiger charge is 2.45. The molecular weight excluding hydrogens is 594 g/mol. The van der Waals surface area contributed by atoms with E-state index in [0.717, 1.165) is 37.7 Å². The van der Waals surface area contributed by atoms with Gasteiger partial charge in [0.25, 0.3) is 0 Å². The Bertz CT molecular complexity index is 1520. The van der Waals surface area contributed by atoms with Gasteiger partial charge in [0, 0.05) is 24.3 Å². The number of carbonyl (C=O) groups excluding carboxylic acids is 1. The molecule has 5 rings (SSSR count). The van der Waals surface area contributed by atoms with Crippen LogP contribution in [0.2, 0.25) is 5.02 Å². The van der Waals surface area contributed by atoms with Gasteiger partial charge in [-0.05, 0) is 60.4 Å². The minimum atomic E-state index is -4.71. The molecule has 44 heavy (non-hydrogen) atoms. The third kappa shape index (κ3) is 7.16. The van der Waals surface area contributed by atoms with Gasteiger partial charge in [-0.15, -0.1) is 0 Å². The van der Waals surface area contributed by atoms with Gasteiger partial charge < -0.3 is 10.1 Å². The van der Waals surface area contributed by atoms with Crippen molar-refractivity contribution in [3.05, 3.63) is 125 Å². The number of hydrogen-bond donors (Lipinski definition) is 1. The van der Waals surface area contributed by atoms with Crippen LogP contribution in [0.4, 0.5) is 28.0 Å². The number of ether oxygens (including phenoxy) is 1. The Kier molecular flexibility index (Phi) is 9.74. The van der Waals surface area contributed by atoms with Gasteiger partial charge in [-0.3, -0.25) is 9.88 Å². The summed E-state index contributed by atoms with van der Waals surface area (Å²) < 4.78 is 58.6. The first-order chi connectivity index (χ1) is 21.2. The van der Waals surface area contributed by atoms with Crippen LogP contribution in [0.3, 0.4) is 0 Å². The van der Waals surface area contributed by atoms with E-state index < -0.39 is 29.9 Å². The molecule has 1 saturated carbocycles. The predicted molar refractivity (Wildman–Crippen MR) is 163 cm³/mol. The molecule has 1 aliphatic rings. The predicted octanol–water partition coefficient (Wildman–Crippen LogP) is 9.01. The van der Waals surface area contributed by atoms with E-state index in [1.54, 1.807) is 23.1 Å². The Morgan fingerprint density at radius 1 is 0.932 bits per heavy atom. The number of para-hydroxylation sites is 1. The van der Waals surface area contributed by atoms with E-state index >= 15 is 0 Å². The van der Waals surface area contributed by atoms with Crippen LogP contribution in [0.5, 0.6) is 5.75 Å². The van der Waals surface area contributed by atoms with Crippen molar-refractivity contribution in [3.63, 3.8) is 0 Å². The molecule has 0 radical (unpaired) electrons. The van der Waals surface area contributed by atoms with Crippen molar-refractivity contribution >= 4 is 23.3 Å². The fourth-order valence-corrected chi connectivity index (χ4v) is 5.85. The molecule has 0 bridgehead atoms. The molecule has 5 nitrogen and oxygen atoms in total. The molecule has 1 fully saturated rings. The van der Waals surface area contributed by atoms with Gasteiger partial charge >= 0.3 is 18.6 Å². The number of alkyl halides is 4. The molecule has 3 aromatic carbocycles. The van der Waals surface area contributed by atoms with E-state index in [1.165, 1.54) is 24.4 Å². The first-order valence-electron chi connectivity index (χ1n) is 14.5. The number of urea groups is 1. The molecule has 10 heteroatoms. The lowest BCUT2D eigenvalue weighted by atomic mass is 9.80. The summed E-state index contributed by atoms with van der Waals surface area (Å²) >= 11 is 6.20. The van der Waals surface area contributed by atoms with Crippen LogP contribution < -0.4 is 15.0 Å². The molecule has 1 N–H and O–H groups in total. The largest absolute Gasteiger partial charge is 0.461 e. The number of aromatic nitrogens is 1. The SMILES string of the molecule is O=C(N[C@](Cc1ccccc1)(c1cccc(OC(F)(F)C(F)F)c1)c1ccc(Cl)cn1)N(c1ccccc1)C1CCCCC1. The smallest absolute Gasteiger partial charge is 0.428 e. The van der Waals surface area contributed by atoms with Crippen LogP contribution in [-0.4, -0.2) is 29.6 Å². The third-order valence-corrected chi connectivity index (χ3v) is 8.05. The maximum atomic E-state index is 14.6. The Hall–Kier alpha value is -4.11. The van der Waals surface area contributed by atoms with E-state index in [2.05, 4.69) is 15.0 Å². The number of benzene rings is 3.